The molecule has 1 aromatic carbocycles. The summed E-state index contributed by atoms with van der Waals surface area (Å²) in [6.07, 6.45) is 1.56. The number of benzene rings is 1. The van der Waals surface area contributed by atoms with Gasteiger partial charge in [-0.05, 0) is 44.5 Å². The lowest BCUT2D eigenvalue weighted by Gasteiger charge is -2.07. The summed E-state index contributed by atoms with van der Waals surface area (Å²) in [4.78, 5) is 11.7. The van der Waals surface area contributed by atoms with Crippen molar-refractivity contribution in [1.29, 1.82) is 5.26 Å². The fraction of sp³-hybridized carbons (Fsp3) is 0.333. The molecule has 0 aliphatic heterocycles. The third-order valence-corrected chi connectivity index (χ3v) is 2.29. The normalized spacial score (nSPS) is 11.0. The monoisotopic (exact) mass is 258 g/mol. The maximum atomic E-state index is 11.7. The first kappa shape index (κ1) is 14.8. The molecule has 0 saturated heterocycles. The Labute approximate surface area is 113 Å². The van der Waals surface area contributed by atoms with E-state index in [1.807, 2.05) is 51.1 Å². The van der Waals surface area contributed by atoms with Crippen LogP contribution in [0.5, 0.6) is 5.75 Å². The van der Waals surface area contributed by atoms with Gasteiger partial charge in [0.15, 0.2) is 0 Å². The molecule has 1 N–H and O–H groups in total. The van der Waals surface area contributed by atoms with E-state index in [1.54, 1.807) is 6.08 Å². The van der Waals surface area contributed by atoms with Gasteiger partial charge in [-0.15, -0.1) is 0 Å². The molecule has 19 heavy (non-hydrogen) atoms. The van der Waals surface area contributed by atoms with Crippen LogP contribution in [0.15, 0.2) is 29.8 Å². The van der Waals surface area contributed by atoms with Gasteiger partial charge in [0, 0.05) is 6.04 Å². The van der Waals surface area contributed by atoms with Crippen LogP contribution in [0.1, 0.15) is 26.3 Å². The number of hydrogen-bond acceptors (Lipinski definition) is 3. The number of ether oxygens (including phenoxy) is 1. The zero-order valence-corrected chi connectivity index (χ0v) is 11.4. The lowest BCUT2D eigenvalue weighted by atomic mass is 10.1. The van der Waals surface area contributed by atoms with E-state index in [1.165, 1.54) is 0 Å². The zero-order valence-electron chi connectivity index (χ0n) is 11.4. The molecule has 0 fully saturated rings. The first-order valence-corrected chi connectivity index (χ1v) is 6.22. The highest BCUT2D eigenvalue weighted by Crippen LogP contribution is 2.14. The first-order valence-electron chi connectivity index (χ1n) is 6.22. The predicted octanol–water partition coefficient (Wildman–Crippen LogP) is 2.52. The summed E-state index contributed by atoms with van der Waals surface area (Å²) < 4.78 is 5.33. The molecule has 4 heteroatoms. The van der Waals surface area contributed by atoms with Crippen molar-refractivity contribution in [2.24, 2.45) is 0 Å². The van der Waals surface area contributed by atoms with Gasteiger partial charge in [-0.25, -0.2) is 0 Å². The number of nitrogens with one attached hydrogen (secondary N) is 1. The molecule has 0 bridgehead atoms. The van der Waals surface area contributed by atoms with Gasteiger partial charge in [-0.1, -0.05) is 12.1 Å². The lowest BCUT2D eigenvalue weighted by Crippen LogP contribution is -2.30. The highest BCUT2D eigenvalue weighted by atomic mass is 16.5. The summed E-state index contributed by atoms with van der Waals surface area (Å²) in [5.74, 6) is 0.413. The van der Waals surface area contributed by atoms with Crippen molar-refractivity contribution in [3.05, 3.63) is 35.4 Å². The molecule has 0 unspecified atom stereocenters. The van der Waals surface area contributed by atoms with E-state index in [0.717, 1.165) is 11.3 Å². The quantitative estimate of drug-likeness (QED) is 0.652. The largest absolute Gasteiger partial charge is 0.494 e. The van der Waals surface area contributed by atoms with E-state index in [2.05, 4.69) is 5.32 Å². The summed E-state index contributed by atoms with van der Waals surface area (Å²) >= 11 is 0. The molecule has 0 spiro atoms. The maximum Gasteiger partial charge on any atom is 0.262 e. The molecule has 0 saturated carbocycles. The molecule has 4 nitrogen and oxygen atoms in total. The number of carbonyl (C=O) groups excluding carboxylic acids is 1. The van der Waals surface area contributed by atoms with Crippen LogP contribution >= 0.6 is 0 Å². The average Bonchev–Trinajstić information content (AvgIpc) is 2.37. The van der Waals surface area contributed by atoms with Crippen LogP contribution in [-0.4, -0.2) is 18.6 Å². The van der Waals surface area contributed by atoms with E-state index >= 15 is 0 Å². The summed E-state index contributed by atoms with van der Waals surface area (Å²) in [7, 11) is 0. The molecule has 1 rings (SSSR count). The second-order valence-corrected chi connectivity index (χ2v) is 4.30. The standard InChI is InChI=1S/C15H18N2O2/c1-4-19-14-7-5-12(6-8-14)9-13(10-16)15(18)17-11(2)3/h5-9,11H,4H2,1-3H3,(H,17,18)/b13-9-. The zero-order chi connectivity index (χ0) is 14.3. The van der Waals surface area contributed by atoms with Gasteiger partial charge in [-0.3, -0.25) is 4.79 Å². The number of carbonyl (C=O) groups is 1. The molecular weight excluding hydrogens is 240 g/mol. The summed E-state index contributed by atoms with van der Waals surface area (Å²) in [5, 5.41) is 11.7. The SMILES string of the molecule is CCOc1ccc(/C=C(/C#N)C(=O)NC(C)C)cc1. The van der Waals surface area contributed by atoms with Gasteiger partial charge in [0.25, 0.3) is 5.91 Å². The van der Waals surface area contributed by atoms with Crippen LogP contribution in [0, 0.1) is 11.3 Å². The minimum atomic E-state index is -0.355. The summed E-state index contributed by atoms with van der Waals surface area (Å²) in [6, 6.07) is 9.16. The van der Waals surface area contributed by atoms with Crippen molar-refractivity contribution >= 4 is 12.0 Å². The minimum absolute atomic E-state index is 0.00424. The van der Waals surface area contributed by atoms with Crippen LogP contribution in [0.4, 0.5) is 0 Å². The number of rotatable bonds is 5. The van der Waals surface area contributed by atoms with Gasteiger partial charge in [-0.2, -0.15) is 5.26 Å². The van der Waals surface area contributed by atoms with Gasteiger partial charge in [0.2, 0.25) is 0 Å². The van der Waals surface area contributed by atoms with Crippen molar-refractivity contribution in [3.63, 3.8) is 0 Å². The highest BCUT2D eigenvalue weighted by Gasteiger charge is 2.09. The van der Waals surface area contributed by atoms with E-state index in [-0.39, 0.29) is 17.5 Å². The van der Waals surface area contributed by atoms with Crippen molar-refractivity contribution in [1.82, 2.24) is 5.32 Å². The van der Waals surface area contributed by atoms with Crippen molar-refractivity contribution in [2.45, 2.75) is 26.8 Å². The smallest absolute Gasteiger partial charge is 0.262 e. The Balaban J connectivity index is 2.86. The van der Waals surface area contributed by atoms with Gasteiger partial charge in [0.1, 0.15) is 17.4 Å². The molecule has 1 amide bonds. The lowest BCUT2D eigenvalue weighted by molar-refractivity contribution is -0.117. The maximum absolute atomic E-state index is 11.7. The molecule has 0 heterocycles. The Morgan fingerprint density at radius 1 is 1.42 bits per heavy atom. The summed E-state index contributed by atoms with van der Waals surface area (Å²) in [5.41, 5.74) is 0.886. The fourth-order valence-electron chi connectivity index (χ4n) is 1.48. The fourth-order valence-corrected chi connectivity index (χ4v) is 1.48. The topological polar surface area (TPSA) is 62.1 Å². The number of nitriles is 1. The molecule has 0 radical (unpaired) electrons. The van der Waals surface area contributed by atoms with E-state index < -0.39 is 0 Å². The minimum Gasteiger partial charge on any atom is -0.494 e. The van der Waals surface area contributed by atoms with Crippen molar-refractivity contribution in [2.75, 3.05) is 6.61 Å². The van der Waals surface area contributed by atoms with Crippen molar-refractivity contribution in [3.8, 4) is 11.8 Å². The van der Waals surface area contributed by atoms with Crippen LogP contribution in [-0.2, 0) is 4.79 Å². The Bertz CT molecular complexity index is 496. The molecule has 0 atom stereocenters. The van der Waals surface area contributed by atoms with Crippen LogP contribution in [0.3, 0.4) is 0 Å². The van der Waals surface area contributed by atoms with E-state index in [4.69, 9.17) is 10.00 Å². The number of nitrogens with zero attached hydrogens (tertiary/aromatic N) is 1. The predicted molar refractivity (Wildman–Crippen MR) is 74.5 cm³/mol. The second-order valence-electron chi connectivity index (χ2n) is 4.30. The van der Waals surface area contributed by atoms with E-state index in [0.29, 0.717) is 6.61 Å². The Morgan fingerprint density at radius 2 is 2.05 bits per heavy atom. The molecule has 0 aliphatic rings. The first-order chi connectivity index (χ1) is 9.06. The van der Waals surface area contributed by atoms with Crippen LogP contribution in [0.2, 0.25) is 0 Å². The van der Waals surface area contributed by atoms with Crippen LogP contribution < -0.4 is 10.1 Å². The molecule has 0 aliphatic carbocycles. The number of hydrogen-bond donors (Lipinski definition) is 1. The highest BCUT2D eigenvalue weighted by molar-refractivity contribution is 6.01. The third-order valence-electron chi connectivity index (χ3n) is 2.29. The number of amides is 1. The van der Waals surface area contributed by atoms with Crippen LogP contribution in [0.25, 0.3) is 6.08 Å². The van der Waals surface area contributed by atoms with Crippen molar-refractivity contribution < 1.29 is 9.53 Å². The van der Waals surface area contributed by atoms with E-state index in [9.17, 15) is 4.79 Å². The van der Waals surface area contributed by atoms with Gasteiger partial charge >= 0.3 is 0 Å². The molecular formula is C15H18N2O2. The summed E-state index contributed by atoms with van der Waals surface area (Å²) in [6.45, 7) is 6.22. The third kappa shape index (κ3) is 4.84. The van der Waals surface area contributed by atoms with Gasteiger partial charge < -0.3 is 10.1 Å². The second kappa shape index (κ2) is 7.22. The average molecular weight is 258 g/mol. The molecule has 100 valence electrons. The molecule has 0 aromatic heterocycles. The molecule has 1 aromatic rings. The van der Waals surface area contributed by atoms with Gasteiger partial charge in [0.05, 0.1) is 6.61 Å². The Kier molecular flexibility index (Phi) is 5.62. The Morgan fingerprint density at radius 3 is 2.53 bits per heavy atom. The Hall–Kier alpha value is -2.28.